The molecule has 3 aliphatic carbocycles. The molecule has 3 fully saturated rings. The summed E-state index contributed by atoms with van der Waals surface area (Å²) in [5.74, 6) is 2.11. The van der Waals surface area contributed by atoms with Crippen molar-refractivity contribution in [2.75, 3.05) is 0 Å². The van der Waals surface area contributed by atoms with Crippen LogP contribution in [0.1, 0.15) is 91.9 Å². The molecule has 170 valence electrons. The molecule has 6 atom stereocenters. The minimum absolute atomic E-state index is 0.374. The molecule has 3 nitrogen and oxygen atoms in total. The molecule has 0 spiro atoms. The van der Waals surface area contributed by atoms with Crippen molar-refractivity contribution in [3.63, 3.8) is 0 Å². The molecule has 0 bridgehead atoms. The Kier molecular flexibility index (Phi) is 7.37. The lowest BCUT2D eigenvalue weighted by atomic mass is 9.60. The van der Waals surface area contributed by atoms with E-state index in [1.807, 2.05) is 13.8 Å². The third-order valence-electron chi connectivity index (χ3n) is 8.44. The largest absolute Gasteiger partial charge is 0.393 e. The maximum Gasteiger partial charge on any atom is 0.0811 e. The Hall–Kier alpha value is -0.900. The minimum atomic E-state index is -0.615. The smallest absolute Gasteiger partial charge is 0.0811 e. The Bertz CT molecular complexity index is 683. The molecule has 0 aromatic heterocycles. The van der Waals surface area contributed by atoms with Crippen LogP contribution < -0.4 is 0 Å². The first-order valence-electron chi connectivity index (χ1n) is 12.2. The minimum Gasteiger partial charge on any atom is -0.393 e. The summed E-state index contributed by atoms with van der Waals surface area (Å²) in [4.78, 5) is 0. The number of hydrogen-bond donors (Lipinski definition) is 3. The molecule has 3 heteroatoms. The van der Waals surface area contributed by atoms with Crippen LogP contribution in [0, 0.1) is 23.2 Å². The fourth-order valence-corrected chi connectivity index (χ4v) is 6.74. The normalized spacial score (nSPS) is 38.8. The topological polar surface area (TPSA) is 60.7 Å². The second kappa shape index (κ2) is 9.30. The van der Waals surface area contributed by atoms with Gasteiger partial charge in [0.25, 0.3) is 0 Å². The van der Waals surface area contributed by atoms with Crippen LogP contribution in [0.3, 0.4) is 0 Å². The Morgan fingerprint density at radius 2 is 1.97 bits per heavy atom. The van der Waals surface area contributed by atoms with Crippen molar-refractivity contribution in [2.45, 2.75) is 110 Å². The van der Waals surface area contributed by atoms with Crippen LogP contribution in [0.5, 0.6) is 0 Å². The number of rotatable bonds is 6. The number of hydrogen-bond acceptors (Lipinski definition) is 3. The van der Waals surface area contributed by atoms with Gasteiger partial charge in [-0.15, -0.1) is 0 Å². The first kappa shape index (κ1) is 23.8. The molecule has 0 aromatic carbocycles. The third-order valence-corrected chi connectivity index (χ3v) is 8.44. The average molecular weight is 417 g/mol. The Balaban J connectivity index is 1.70. The van der Waals surface area contributed by atoms with Crippen molar-refractivity contribution in [1.29, 1.82) is 0 Å². The molecule has 3 rings (SSSR count). The molecule has 0 heterocycles. The van der Waals surface area contributed by atoms with Crippen molar-refractivity contribution in [3.05, 3.63) is 35.5 Å². The van der Waals surface area contributed by atoms with Gasteiger partial charge in [0.05, 0.1) is 17.8 Å². The number of aliphatic hydroxyl groups excluding tert-OH is 2. The Morgan fingerprint density at radius 3 is 2.67 bits per heavy atom. The summed E-state index contributed by atoms with van der Waals surface area (Å²) in [7, 11) is 0. The lowest BCUT2D eigenvalue weighted by molar-refractivity contribution is 0.0596. The molecule has 0 aliphatic heterocycles. The summed E-state index contributed by atoms with van der Waals surface area (Å²) in [6.07, 6.45) is 13.9. The fourth-order valence-electron chi connectivity index (χ4n) is 6.74. The second-order valence-electron chi connectivity index (χ2n) is 11.3. The van der Waals surface area contributed by atoms with Crippen LogP contribution in [0.25, 0.3) is 0 Å². The predicted molar refractivity (Wildman–Crippen MR) is 124 cm³/mol. The predicted octanol–water partition coefficient (Wildman–Crippen LogP) is 5.70. The van der Waals surface area contributed by atoms with Crippen LogP contribution in [-0.4, -0.2) is 33.1 Å². The molecule has 3 N–H and O–H groups in total. The van der Waals surface area contributed by atoms with E-state index < -0.39 is 17.8 Å². The van der Waals surface area contributed by atoms with Gasteiger partial charge in [0.1, 0.15) is 0 Å². The maximum absolute atomic E-state index is 10.1. The van der Waals surface area contributed by atoms with E-state index in [2.05, 4.69) is 32.6 Å². The van der Waals surface area contributed by atoms with E-state index in [1.54, 1.807) is 5.57 Å². The van der Waals surface area contributed by atoms with Crippen LogP contribution in [0.15, 0.2) is 35.5 Å². The molecule has 3 aliphatic rings. The van der Waals surface area contributed by atoms with Crippen molar-refractivity contribution in [2.24, 2.45) is 23.2 Å². The van der Waals surface area contributed by atoms with Crippen molar-refractivity contribution in [1.82, 2.24) is 0 Å². The SMILES string of the molecule is C=C1/C(=C\C=C2/CCC[C@]3(C)[C@@H]([C@@H](C)CCCC(C)(C)O)CC[C@@H]23)C[C@@H](O)C[C@@H]1O. The zero-order valence-corrected chi connectivity index (χ0v) is 19.7. The van der Waals surface area contributed by atoms with Crippen molar-refractivity contribution in [3.8, 4) is 0 Å². The lowest BCUT2D eigenvalue weighted by Gasteiger charge is -2.44. The van der Waals surface area contributed by atoms with Crippen LogP contribution in [0.4, 0.5) is 0 Å². The van der Waals surface area contributed by atoms with E-state index >= 15 is 0 Å². The van der Waals surface area contributed by atoms with E-state index in [1.165, 1.54) is 38.5 Å². The van der Waals surface area contributed by atoms with E-state index in [9.17, 15) is 15.3 Å². The summed E-state index contributed by atoms with van der Waals surface area (Å²) in [6.45, 7) is 12.8. The molecular formula is C27H44O3. The molecule has 3 saturated carbocycles. The third kappa shape index (κ3) is 5.29. The fraction of sp³-hybridized carbons (Fsp3) is 0.778. The highest BCUT2D eigenvalue weighted by Gasteiger charge is 2.50. The van der Waals surface area contributed by atoms with Gasteiger partial charge < -0.3 is 15.3 Å². The lowest BCUT2D eigenvalue weighted by Crippen LogP contribution is -2.36. The molecule has 0 aromatic rings. The van der Waals surface area contributed by atoms with Crippen LogP contribution in [0.2, 0.25) is 0 Å². The van der Waals surface area contributed by atoms with Crippen LogP contribution in [-0.2, 0) is 0 Å². The van der Waals surface area contributed by atoms with Gasteiger partial charge in [-0.05, 0) is 93.1 Å². The first-order chi connectivity index (χ1) is 14.0. The molecule has 0 unspecified atom stereocenters. The number of allylic oxidation sites excluding steroid dienone is 3. The number of aliphatic hydroxyl groups is 3. The first-order valence-corrected chi connectivity index (χ1v) is 12.2. The molecule has 0 saturated heterocycles. The monoisotopic (exact) mass is 416 g/mol. The van der Waals surface area contributed by atoms with Gasteiger partial charge in [0, 0.05) is 6.42 Å². The number of fused-ring (bicyclic) bond motifs is 1. The van der Waals surface area contributed by atoms with Crippen molar-refractivity contribution < 1.29 is 15.3 Å². The highest BCUT2D eigenvalue weighted by molar-refractivity contribution is 5.38. The van der Waals surface area contributed by atoms with Gasteiger partial charge in [-0.1, -0.05) is 51.0 Å². The van der Waals surface area contributed by atoms with Gasteiger partial charge in [-0.2, -0.15) is 0 Å². The molecule has 30 heavy (non-hydrogen) atoms. The van der Waals surface area contributed by atoms with Gasteiger partial charge in [0.2, 0.25) is 0 Å². The van der Waals surface area contributed by atoms with Gasteiger partial charge >= 0.3 is 0 Å². The van der Waals surface area contributed by atoms with E-state index in [0.29, 0.717) is 30.1 Å². The summed E-state index contributed by atoms with van der Waals surface area (Å²) in [5.41, 5.74) is 3.17. The Morgan fingerprint density at radius 1 is 1.23 bits per heavy atom. The highest BCUT2D eigenvalue weighted by atomic mass is 16.3. The van der Waals surface area contributed by atoms with E-state index in [-0.39, 0.29) is 0 Å². The van der Waals surface area contributed by atoms with Gasteiger partial charge in [0.15, 0.2) is 0 Å². The average Bonchev–Trinajstić information content (AvgIpc) is 3.00. The summed E-state index contributed by atoms with van der Waals surface area (Å²) < 4.78 is 0. The van der Waals surface area contributed by atoms with Crippen LogP contribution >= 0.6 is 0 Å². The molecular weight excluding hydrogens is 372 g/mol. The highest BCUT2D eigenvalue weighted by Crippen LogP contribution is 2.60. The van der Waals surface area contributed by atoms with Gasteiger partial charge in [-0.25, -0.2) is 0 Å². The van der Waals surface area contributed by atoms with E-state index in [4.69, 9.17) is 0 Å². The van der Waals surface area contributed by atoms with E-state index in [0.717, 1.165) is 29.9 Å². The summed E-state index contributed by atoms with van der Waals surface area (Å²) >= 11 is 0. The molecule has 0 amide bonds. The maximum atomic E-state index is 10.1. The van der Waals surface area contributed by atoms with Crippen molar-refractivity contribution >= 4 is 0 Å². The Labute approximate surface area is 184 Å². The standard InChI is InChI=1S/C27H44O3/c1-18(8-6-14-26(3,4)30)23-12-13-24-20(9-7-15-27(23,24)5)10-11-21-16-22(28)17-25(29)19(21)2/h10-11,18,22-25,28-30H,2,6-9,12-17H2,1,3-5H3/b20-10+,21-11-/t18-,22+,23+,24-,25-,27+/m0/s1. The van der Waals surface area contributed by atoms with Gasteiger partial charge in [-0.3, -0.25) is 0 Å². The summed E-state index contributed by atoms with van der Waals surface area (Å²) in [6, 6.07) is 0. The zero-order chi connectivity index (χ0) is 22.1. The molecule has 0 radical (unpaired) electrons. The zero-order valence-electron chi connectivity index (χ0n) is 19.7. The summed E-state index contributed by atoms with van der Waals surface area (Å²) in [5, 5.41) is 30.2. The quantitative estimate of drug-likeness (QED) is 0.520. The second-order valence-corrected chi connectivity index (χ2v) is 11.3.